The average molecular weight is 285 g/mol. The van der Waals surface area contributed by atoms with Gasteiger partial charge in [-0.15, -0.1) is 0 Å². The summed E-state index contributed by atoms with van der Waals surface area (Å²) < 4.78 is 0. The minimum absolute atomic E-state index is 0.364. The molecule has 0 amide bonds. The Hall–Kier alpha value is 0.270. The lowest BCUT2D eigenvalue weighted by Gasteiger charge is -2.51. The lowest BCUT2D eigenvalue weighted by atomic mass is 9.81. The molecule has 0 bridgehead atoms. The van der Waals surface area contributed by atoms with Gasteiger partial charge in [-0.25, -0.2) is 0 Å². The molecule has 0 aromatic rings. The summed E-state index contributed by atoms with van der Waals surface area (Å²) in [6.07, 6.45) is 6.44. The zero-order valence-electron chi connectivity index (χ0n) is 13.5. The Kier molecular flexibility index (Phi) is 4.90. The number of piperazine rings is 1. The zero-order chi connectivity index (χ0) is 14.1. The molecule has 0 spiro atoms. The van der Waals surface area contributed by atoms with Crippen molar-refractivity contribution in [3.05, 3.63) is 0 Å². The summed E-state index contributed by atoms with van der Waals surface area (Å²) in [6, 6.07) is 0.633. The van der Waals surface area contributed by atoms with Crippen LogP contribution in [0.15, 0.2) is 0 Å². The van der Waals surface area contributed by atoms with Gasteiger partial charge in [0.1, 0.15) is 0 Å². The number of nitrogens with zero attached hydrogens (tertiary/aromatic N) is 1. The van der Waals surface area contributed by atoms with Crippen LogP contribution in [-0.4, -0.2) is 48.1 Å². The zero-order valence-corrected chi connectivity index (χ0v) is 14.3. The Morgan fingerprint density at radius 3 is 2.53 bits per heavy atom. The van der Waals surface area contributed by atoms with Crippen LogP contribution in [0, 0.1) is 11.3 Å². The summed E-state index contributed by atoms with van der Waals surface area (Å²) in [6.45, 7) is 13.3. The number of rotatable bonds is 5. The second kappa shape index (κ2) is 5.95. The highest BCUT2D eigenvalue weighted by Gasteiger charge is 2.49. The predicted molar refractivity (Wildman–Crippen MR) is 86.9 cm³/mol. The van der Waals surface area contributed by atoms with Gasteiger partial charge in [0.05, 0.1) is 0 Å². The molecule has 1 saturated heterocycles. The number of hydrogen-bond donors (Lipinski definition) is 1. The van der Waals surface area contributed by atoms with E-state index in [1.54, 1.807) is 0 Å². The summed E-state index contributed by atoms with van der Waals surface area (Å²) in [5.41, 5.74) is 0.781. The molecule has 19 heavy (non-hydrogen) atoms. The van der Waals surface area contributed by atoms with Gasteiger partial charge < -0.3 is 5.32 Å². The van der Waals surface area contributed by atoms with E-state index >= 15 is 0 Å². The van der Waals surface area contributed by atoms with Crippen molar-refractivity contribution < 1.29 is 0 Å². The SMILES string of the molecule is CSCCCN1CC(C(C)(C)C)NCC1(C)C1CC1. The molecule has 1 aliphatic carbocycles. The quantitative estimate of drug-likeness (QED) is 0.780. The minimum Gasteiger partial charge on any atom is -0.310 e. The molecule has 1 N–H and O–H groups in total. The Bertz CT molecular complexity index is 296. The Balaban J connectivity index is 2.01. The monoisotopic (exact) mass is 284 g/mol. The first-order chi connectivity index (χ1) is 8.88. The van der Waals surface area contributed by atoms with Crippen molar-refractivity contribution in [2.24, 2.45) is 11.3 Å². The van der Waals surface area contributed by atoms with E-state index in [-0.39, 0.29) is 0 Å². The van der Waals surface area contributed by atoms with Crippen LogP contribution in [0.25, 0.3) is 0 Å². The molecule has 1 heterocycles. The van der Waals surface area contributed by atoms with Crippen LogP contribution in [0.2, 0.25) is 0 Å². The van der Waals surface area contributed by atoms with Crippen LogP contribution >= 0.6 is 11.8 Å². The molecule has 1 aliphatic heterocycles. The molecule has 2 fully saturated rings. The Labute approximate surface area is 124 Å². The summed E-state index contributed by atoms with van der Waals surface area (Å²) in [5.74, 6) is 2.24. The average Bonchev–Trinajstić information content (AvgIpc) is 3.14. The van der Waals surface area contributed by atoms with Crippen LogP contribution in [0.4, 0.5) is 0 Å². The fourth-order valence-electron chi connectivity index (χ4n) is 3.37. The van der Waals surface area contributed by atoms with Crippen LogP contribution in [-0.2, 0) is 0 Å². The van der Waals surface area contributed by atoms with E-state index in [4.69, 9.17) is 0 Å². The lowest BCUT2D eigenvalue weighted by molar-refractivity contribution is 0.0109. The molecule has 0 aromatic heterocycles. The van der Waals surface area contributed by atoms with E-state index in [2.05, 4.69) is 44.2 Å². The van der Waals surface area contributed by atoms with E-state index in [0.717, 1.165) is 5.92 Å². The summed E-state index contributed by atoms with van der Waals surface area (Å²) in [7, 11) is 0. The van der Waals surface area contributed by atoms with Crippen LogP contribution in [0.3, 0.4) is 0 Å². The summed E-state index contributed by atoms with van der Waals surface area (Å²) in [4.78, 5) is 2.81. The van der Waals surface area contributed by atoms with Gasteiger partial charge in [0.25, 0.3) is 0 Å². The summed E-state index contributed by atoms with van der Waals surface area (Å²) >= 11 is 1.98. The van der Waals surface area contributed by atoms with E-state index in [1.807, 2.05) is 11.8 Å². The highest BCUT2D eigenvalue weighted by Crippen LogP contribution is 2.44. The smallest absolute Gasteiger partial charge is 0.0334 e. The van der Waals surface area contributed by atoms with Crippen LogP contribution in [0.5, 0.6) is 0 Å². The van der Waals surface area contributed by atoms with Crippen molar-refractivity contribution in [2.75, 3.05) is 31.6 Å². The second-order valence-corrected chi connectivity index (χ2v) is 8.71. The van der Waals surface area contributed by atoms with Crippen molar-refractivity contribution in [3.8, 4) is 0 Å². The van der Waals surface area contributed by atoms with Crippen molar-refractivity contribution in [1.29, 1.82) is 0 Å². The molecule has 2 aliphatic rings. The topological polar surface area (TPSA) is 15.3 Å². The van der Waals surface area contributed by atoms with Crippen molar-refractivity contribution in [1.82, 2.24) is 10.2 Å². The third-order valence-electron chi connectivity index (χ3n) is 5.11. The first-order valence-electron chi connectivity index (χ1n) is 7.85. The predicted octanol–water partition coefficient (Wildman–Crippen LogP) is 3.23. The van der Waals surface area contributed by atoms with Gasteiger partial charge in [0.2, 0.25) is 0 Å². The van der Waals surface area contributed by atoms with Gasteiger partial charge in [-0.3, -0.25) is 4.90 Å². The molecular weight excluding hydrogens is 252 g/mol. The highest BCUT2D eigenvalue weighted by atomic mass is 32.2. The molecule has 2 atom stereocenters. The molecule has 2 rings (SSSR count). The number of hydrogen-bond acceptors (Lipinski definition) is 3. The standard InChI is InChI=1S/C16H32N2S/c1-15(2,3)14-11-18(9-6-10-19-5)16(4,12-17-14)13-7-8-13/h13-14,17H,6-12H2,1-5H3. The minimum atomic E-state index is 0.364. The van der Waals surface area contributed by atoms with Gasteiger partial charge in [-0.05, 0) is 56.1 Å². The number of thioether (sulfide) groups is 1. The summed E-state index contributed by atoms with van der Waals surface area (Å²) in [5, 5.41) is 3.84. The molecule has 2 nitrogen and oxygen atoms in total. The molecular formula is C16H32N2S. The third-order valence-corrected chi connectivity index (χ3v) is 5.81. The second-order valence-electron chi connectivity index (χ2n) is 7.72. The van der Waals surface area contributed by atoms with E-state index in [9.17, 15) is 0 Å². The van der Waals surface area contributed by atoms with E-state index < -0.39 is 0 Å². The Morgan fingerprint density at radius 1 is 1.32 bits per heavy atom. The van der Waals surface area contributed by atoms with E-state index in [1.165, 1.54) is 44.6 Å². The van der Waals surface area contributed by atoms with Gasteiger partial charge in [-0.2, -0.15) is 11.8 Å². The van der Waals surface area contributed by atoms with Crippen LogP contribution < -0.4 is 5.32 Å². The van der Waals surface area contributed by atoms with Gasteiger partial charge >= 0.3 is 0 Å². The van der Waals surface area contributed by atoms with Gasteiger partial charge in [0, 0.05) is 24.7 Å². The fraction of sp³-hybridized carbons (Fsp3) is 1.00. The maximum Gasteiger partial charge on any atom is 0.0334 e. The molecule has 3 heteroatoms. The molecule has 0 aromatic carbocycles. The maximum absolute atomic E-state index is 3.84. The lowest BCUT2D eigenvalue weighted by Crippen LogP contribution is -2.67. The Morgan fingerprint density at radius 2 is 2.00 bits per heavy atom. The van der Waals surface area contributed by atoms with Gasteiger partial charge in [0.15, 0.2) is 0 Å². The normalized spacial score (nSPS) is 33.6. The highest BCUT2D eigenvalue weighted by molar-refractivity contribution is 7.98. The molecule has 112 valence electrons. The fourth-order valence-corrected chi connectivity index (χ4v) is 3.79. The molecule has 1 saturated carbocycles. The maximum atomic E-state index is 3.84. The van der Waals surface area contributed by atoms with E-state index in [0.29, 0.717) is 17.0 Å². The first-order valence-corrected chi connectivity index (χ1v) is 9.24. The van der Waals surface area contributed by atoms with Crippen molar-refractivity contribution >= 4 is 11.8 Å². The van der Waals surface area contributed by atoms with Gasteiger partial charge in [-0.1, -0.05) is 20.8 Å². The largest absolute Gasteiger partial charge is 0.310 e. The molecule has 0 radical (unpaired) electrons. The first kappa shape index (κ1) is 15.7. The molecule has 2 unspecified atom stereocenters. The third kappa shape index (κ3) is 3.68. The van der Waals surface area contributed by atoms with Crippen molar-refractivity contribution in [3.63, 3.8) is 0 Å². The number of nitrogens with one attached hydrogen (secondary N) is 1. The van der Waals surface area contributed by atoms with Crippen LogP contribution in [0.1, 0.15) is 47.0 Å². The van der Waals surface area contributed by atoms with Crippen molar-refractivity contribution in [2.45, 2.75) is 58.5 Å².